The molecule has 0 saturated carbocycles. The fourth-order valence-corrected chi connectivity index (χ4v) is 1.55. The lowest BCUT2D eigenvalue weighted by Gasteiger charge is -2.05. The van der Waals surface area contributed by atoms with Crippen molar-refractivity contribution < 1.29 is 4.74 Å². The van der Waals surface area contributed by atoms with Crippen LogP contribution in [0.15, 0.2) is 49.2 Å². The van der Waals surface area contributed by atoms with Gasteiger partial charge in [0.25, 0.3) is 0 Å². The van der Waals surface area contributed by atoms with Crippen LogP contribution >= 0.6 is 0 Å². The van der Waals surface area contributed by atoms with Crippen molar-refractivity contribution in [3.05, 3.63) is 49.2 Å². The molecule has 0 unspecified atom stereocenters. The Hall–Kier alpha value is -1.83. The van der Waals surface area contributed by atoms with Gasteiger partial charge in [-0.15, -0.1) is 6.58 Å². The molecule has 0 fully saturated rings. The van der Waals surface area contributed by atoms with Crippen LogP contribution in [-0.4, -0.2) is 11.6 Å². The average molecular weight is 213 g/mol. The van der Waals surface area contributed by atoms with Crippen molar-refractivity contribution >= 4 is 10.9 Å². The van der Waals surface area contributed by atoms with Crippen molar-refractivity contribution in [1.82, 2.24) is 4.98 Å². The Labute approximate surface area is 95.6 Å². The Balaban J connectivity index is 2.05. The Bertz CT molecular complexity index is 479. The van der Waals surface area contributed by atoms with Crippen LogP contribution in [0, 0.1) is 0 Å². The van der Waals surface area contributed by atoms with E-state index in [4.69, 9.17) is 4.74 Å². The van der Waals surface area contributed by atoms with E-state index in [1.54, 1.807) is 6.20 Å². The Morgan fingerprint density at radius 3 is 3.06 bits per heavy atom. The van der Waals surface area contributed by atoms with E-state index in [1.807, 2.05) is 36.4 Å². The first-order valence-corrected chi connectivity index (χ1v) is 5.48. The Kier molecular flexibility index (Phi) is 3.54. The number of hydrogen-bond acceptors (Lipinski definition) is 2. The second-order valence-electron chi connectivity index (χ2n) is 3.64. The van der Waals surface area contributed by atoms with Gasteiger partial charge in [0, 0.05) is 5.39 Å². The minimum absolute atomic E-state index is 0.714. The summed E-state index contributed by atoms with van der Waals surface area (Å²) >= 11 is 0. The summed E-state index contributed by atoms with van der Waals surface area (Å²) < 4.78 is 5.61. The summed E-state index contributed by atoms with van der Waals surface area (Å²) in [5.41, 5.74) is 1.00. The molecular formula is C14H15NO. The third kappa shape index (κ3) is 2.60. The van der Waals surface area contributed by atoms with Crippen LogP contribution in [0.25, 0.3) is 10.9 Å². The lowest BCUT2D eigenvalue weighted by atomic mass is 10.2. The highest BCUT2D eigenvalue weighted by Crippen LogP contribution is 2.17. The zero-order valence-electron chi connectivity index (χ0n) is 9.23. The molecule has 0 aliphatic rings. The van der Waals surface area contributed by atoms with E-state index >= 15 is 0 Å². The first kappa shape index (κ1) is 10.7. The van der Waals surface area contributed by atoms with Crippen molar-refractivity contribution in [2.45, 2.75) is 12.8 Å². The van der Waals surface area contributed by atoms with E-state index in [0.717, 1.165) is 29.5 Å². The minimum atomic E-state index is 0.714. The summed E-state index contributed by atoms with van der Waals surface area (Å²) in [4.78, 5) is 4.33. The fraction of sp³-hybridized carbons (Fsp3) is 0.214. The molecular weight excluding hydrogens is 198 g/mol. The van der Waals surface area contributed by atoms with Crippen LogP contribution in [0.5, 0.6) is 5.75 Å². The molecule has 2 rings (SSSR count). The third-order valence-electron chi connectivity index (χ3n) is 2.39. The molecule has 0 atom stereocenters. The molecule has 1 heterocycles. The van der Waals surface area contributed by atoms with Crippen LogP contribution in [0.4, 0.5) is 0 Å². The predicted octanol–water partition coefficient (Wildman–Crippen LogP) is 3.58. The molecule has 0 aliphatic carbocycles. The van der Waals surface area contributed by atoms with E-state index in [1.165, 1.54) is 0 Å². The average Bonchev–Trinajstić information content (AvgIpc) is 2.34. The van der Waals surface area contributed by atoms with Crippen molar-refractivity contribution in [3.63, 3.8) is 0 Å². The van der Waals surface area contributed by atoms with Gasteiger partial charge in [0.2, 0.25) is 0 Å². The van der Waals surface area contributed by atoms with Crippen LogP contribution in [0.1, 0.15) is 12.8 Å². The number of para-hydroxylation sites is 1. The Morgan fingerprint density at radius 1 is 1.31 bits per heavy atom. The van der Waals surface area contributed by atoms with Crippen molar-refractivity contribution in [3.8, 4) is 5.75 Å². The number of rotatable bonds is 5. The van der Waals surface area contributed by atoms with Gasteiger partial charge in [-0.2, -0.15) is 0 Å². The van der Waals surface area contributed by atoms with E-state index in [9.17, 15) is 0 Å². The van der Waals surface area contributed by atoms with Crippen LogP contribution in [-0.2, 0) is 0 Å². The Morgan fingerprint density at radius 2 is 2.19 bits per heavy atom. The van der Waals surface area contributed by atoms with Crippen molar-refractivity contribution in [1.29, 1.82) is 0 Å². The van der Waals surface area contributed by atoms with Gasteiger partial charge in [-0.25, -0.2) is 0 Å². The van der Waals surface area contributed by atoms with Gasteiger partial charge in [-0.3, -0.25) is 4.98 Å². The predicted molar refractivity (Wildman–Crippen MR) is 66.7 cm³/mol. The maximum Gasteiger partial charge on any atom is 0.138 e. The lowest BCUT2D eigenvalue weighted by Crippen LogP contribution is -1.96. The molecule has 2 aromatic rings. The maximum atomic E-state index is 5.61. The normalized spacial score (nSPS) is 10.2. The monoisotopic (exact) mass is 213 g/mol. The van der Waals surface area contributed by atoms with E-state index in [-0.39, 0.29) is 0 Å². The summed E-state index contributed by atoms with van der Waals surface area (Å²) in [5, 5.41) is 1.11. The number of ether oxygens (including phenoxy) is 1. The lowest BCUT2D eigenvalue weighted by molar-refractivity contribution is 0.311. The van der Waals surface area contributed by atoms with Gasteiger partial charge in [-0.05, 0) is 25.0 Å². The van der Waals surface area contributed by atoms with Crippen molar-refractivity contribution in [2.24, 2.45) is 0 Å². The van der Waals surface area contributed by atoms with E-state index in [0.29, 0.717) is 6.61 Å². The van der Waals surface area contributed by atoms with Gasteiger partial charge >= 0.3 is 0 Å². The topological polar surface area (TPSA) is 22.1 Å². The van der Waals surface area contributed by atoms with Gasteiger partial charge in [0.05, 0.1) is 18.3 Å². The maximum absolute atomic E-state index is 5.61. The molecule has 2 nitrogen and oxygen atoms in total. The summed E-state index contributed by atoms with van der Waals surface area (Å²) in [7, 11) is 0. The molecule has 0 amide bonds. The van der Waals surface area contributed by atoms with Gasteiger partial charge < -0.3 is 4.74 Å². The number of aromatic nitrogens is 1. The number of hydrogen-bond donors (Lipinski definition) is 0. The molecule has 16 heavy (non-hydrogen) atoms. The fourth-order valence-electron chi connectivity index (χ4n) is 1.55. The molecule has 0 radical (unpaired) electrons. The summed E-state index contributed by atoms with van der Waals surface area (Å²) in [6.07, 6.45) is 5.66. The summed E-state index contributed by atoms with van der Waals surface area (Å²) in [5.74, 6) is 0.836. The first-order chi connectivity index (χ1) is 7.90. The van der Waals surface area contributed by atoms with E-state index < -0.39 is 0 Å². The van der Waals surface area contributed by atoms with Crippen LogP contribution in [0.2, 0.25) is 0 Å². The molecule has 1 aromatic carbocycles. The number of allylic oxidation sites excluding steroid dienone is 1. The van der Waals surface area contributed by atoms with Crippen molar-refractivity contribution in [2.75, 3.05) is 6.61 Å². The molecule has 0 aliphatic heterocycles. The second kappa shape index (κ2) is 5.31. The molecule has 0 N–H and O–H groups in total. The summed E-state index contributed by atoms with van der Waals surface area (Å²) in [6, 6.07) is 10.1. The zero-order valence-corrected chi connectivity index (χ0v) is 9.23. The standard InChI is InChI=1S/C14H15NO/c1-2-3-6-9-16-13-10-12-7-4-5-8-14(12)15-11-13/h2,4-5,7-8,10-11H,1,3,6,9H2. The molecule has 0 bridgehead atoms. The number of pyridine rings is 1. The number of benzene rings is 1. The van der Waals surface area contributed by atoms with Gasteiger partial charge in [0.1, 0.15) is 5.75 Å². The first-order valence-electron chi connectivity index (χ1n) is 5.48. The number of fused-ring (bicyclic) bond motifs is 1. The largest absolute Gasteiger partial charge is 0.492 e. The smallest absolute Gasteiger partial charge is 0.138 e. The summed E-state index contributed by atoms with van der Waals surface area (Å²) in [6.45, 7) is 4.39. The third-order valence-corrected chi connectivity index (χ3v) is 2.39. The second-order valence-corrected chi connectivity index (χ2v) is 3.64. The molecule has 0 spiro atoms. The highest BCUT2D eigenvalue weighted by molar-refractivity contribution is 5.79. The highest BCUT2D eigenvalue weighted by Gasteiger charge is 1.97. The number of unbranched alkanes of at least 4 members (excludes halogenated alkanes) is 1. The SMILES string of the molecule is C=CCCCOc1cnc2ccccc2c1. The van der Waals surface area contributed by atoms with Gasteiger partial charge in [0.15, 0.2) is 0 Å². The molecule has 0 saturated heterocycles. The molecule has 82 valence electrons. The minimum Gasteiger partial charge on any atom is -0.492 e. The quantitative estimate of drug-likeness (QED) is 0.559. The van der Waals surface area contributed by atoms with Crippen LogP contribution in [0.3, 0.4) is 0 Å². The number of nitrogens with zero attached hydrogens (tertiary/aromatic N) is 1. The highest BCUT2D eigenvalue weighted by atomic mass is 16.5. The molecule has 1 aromatic heterocycles. The zero-order chi connectivity index (χ0) is 11.2. The molecule has 2 heteroatoms. The van der Waals surface area contributed by atoms with Gasteiger partial charge in [-0.1, -0.05) is 24.3 Å². The van der Waals surface area contributed by atoms with Crippen LogP contribution < -0.4 is 4.74 Å². The van der Waals surface area contributed by atoms with E-state index in [2.05, 4.69) is 11.6 Å².